The number of fused-ring (bicyclic) bond motifs is 10. The van der Waals surface area contributed by atoms with Crippen molar-refractivity contribution < 1.29 is 19.0 Å². The van der Waals surface area contributed by atoms with Gasteiger partial charge in [0.2, 0.25) is 11.4 Å². The second kappa shape index (κ2) is 20.9. The number of rotatable bonds is 10. The molecule has 2 saturated carbocycles. The summed E-state index contributed by atoms with van der Waals surface area (Å²) in [6.07, 6.45) is 22.9. The summed E-state index contributed by atoms with van der Waals surface area (Å²) in [5.41, 5.74) is 12.9. The van der Waals surface area contributed by atoms with Crippen molar-refractivity contribution in [2.75, 3.05) is 23.9 Å². The number of allylic oxidation sites excluding steroid dienone is 8. The van der Waals surface area contributed by atoms with E-state index in [4.69, 9.17) is 46.4 Å². The maximum Gasteiger partial charge on any atom is 0.306 e. The zero-order chi connectivity index (χ0) is 58.8. The molecule has 10 nitrogen and oxygen atoms in total. The molecule has 0 N–H and O–H groups in total. The van der Waals surface area contributed by atoms with E-state index in [9.17, 15) is 20.2 Å². The Morgan fingerprint density at radius 2 is 0.881 bits per heavy atom. The lowest BCUT2D eigenvalue weighted by Gasteiger charge is -2.36. The predicted molar refractivity (Wildman–Crippen MR) is 345 cm³/mol. The van der Waals surface area contributed by atoms with E-state index in [1.807, 2.05) is 14.1 Å². The molecule has 0 unspecified atom stereocenters. The standard InChI is InChI=1S/C70H66Cl4N6O4/c1-67(2)55(23-17-25-57-69(35-13-7-14-36-69)61-53(75(57)5)39-49(71)65(63(61)73)79(81)82)77(51-33-31-45-19-9-11-21-47(45)59(51)67)41-43-27-29-44(30-28-43)42-78-52-34-32-46-20-10-12-22-48(46)60(52)68(3,4)56(78)24-18-26-58-70(37-15-8-16-38-70)62-54(76(58)6)40-50(72)66(64(62)74)80(83)84/h9-12,17-34,39-40H,7-8,13-16,35-38,41-42H2,1-6H3/q+2. The van der Waals surface area contributed by atoms with E-state index >= 15 is 0 Å². The molecule has 0 atom stereocenters. The monoisotopic (exact) mass is 1190 g/mol. The van der Waals surface area contributed by atoms with Crippen LogP contribution in [-0.4, -0.2) is 44.5 Å². The van der Waals surface area contributed by atoms with Gasteiger partial charge in [-0.3, -0.25) is 20.2 Å². The lowest BCUT2D eigenvalue weighted by Crippen LogP contribution is -2.32. The van der Waals surface area contributed by atoms with Crippen molar-refractivity contribution in [3.63, 3.8) is 0 Å². The summed E-state index contributed by atoms with van der Waals surface area (Å²) in [6.45, 7) is 10.6. The molecule has 13 rings (SSSR count). The first-order valence-corrected chi connectivity index (χ1v) is 30.8. The Balaban J connectivity index is 0.872. The van der Waals surface area contributed by atoms with Gasteiger partial charge in [-0.2, -0.15) is 9.15 Å². The molecule has 7 aromatic rings. The van der Waals surface area contributed by atoms with Crippen LogP contribution in [0.2, 0.25) is 20.1 Å². The minimum absolute atomic E-state index is 0.0452. The first kappa shape index (κ1) is 56.1. The largest absolute Gasteiger partial charge is 0.347 e. The van der Waals surface area contributed by atoms with Gasteiger partial charge in [-0.25, -0.2) is 0 Å². The van der Waals surface area contributed by atoms with Crippen LogP contribution in [0.4, 0.5) is 34.1 Å². The highest BCUT2D eigenvalue weighted by Crippen LogP contribution is 2.62. The van der Waals surface area contributed by atoms with Crippen LogP contribution in [0.1, 0.15) is 125 Å². The molecule has 4 aliphatic heterocycles. The number of likely N-dealkylation sites (N-methyl/N-ethyl adjacent to an activating group) is 2. The second-order valence-corrected chi connectivity index (χ2v) is 26.5. The van der Waals surface area contributed by atoms with Crippen LogP contribution in [0, 0.1) is 20.2 Å². The third-order valence-electron chi connectivity index (χ3n) is 19.7. The summed E-state index contributed by atoms with van der Waals surface area (Å²) in [5.74, 6) is 0. The molecule has 14 heteroatoms. The van der Waals surface area contributed by atoms with Crippen molar-refractivity contribution >= 4 is 113 Å². The Bertz CT molecular complexity index is 3930. The highest BCUT2D eigenvalue weighted by Gasteiger charge is 2.53. The normalized spacial score (nSPS) is 20.0. The van der Waals surface area contributed by atoms with Gasteiger partial charge in [0.05, 0.1) is 20.7 Å². The average molecular weight is 1200 g/mol. The van der Waals surface area contributed by atoms with Gasteiger partial charge < -0.3 is 9.80 Å². The van der Waals surface area contributed by atoms with Gasteiger partial charge in [-0.1, -0.05) is 170 Å². The Morgan fingerprint density at radius 3 is 1.25 bits per heavy atom. The number of nitro groups is 2. The van der Waals surface area contributed by atoms with E-state index in [1.165, 1.54) is 66.6 Å². The van der Waals surface area contributed by atoms with Crippen molar-refractivity contribution in [2.45, 2.75) is 127 Å². The molecule has 426 valence electrons. The molecule has 2 aliphatic carbocycles. The highest BCUT2D eigenvalue weighted by molar-refractivity contribution is 6.40. The maximum absolute atomic E-state index is 12.3. The lowest BCUT2D eigenvalue weighted by atomic mass is 9.68. The van der Waals surface area contributed by atoms with Gasteiger partial charge in [-0.15, -0.1) is 0 Å². The molecule has 0 bridgehead atoms. The van der Waals surface area contributed by atoms with Gasteiger partial charge in [0.1, 0.15) is 20.1 Å². The van der Waals surface area contributed by atoms with Crippen LogP contribution in [0.5, 0.6) is 0 Å². The van der Waals surface area contributed by atoms with E-state index in [-0.39, 0.29) is 42.3 Å². The zero-order valence-electron chi connectivity index (χ0n) is 48.2. The number of nitro benzene ring substituents is 2. The number of hydrogen-bond acceptors (Lipinski definition) is 6. The van der Waals surface area contributed by atoms with Crippen molar-refractivity contribution in [2.24, 2.45) is 0 Å². The molecule has 6 aliphatic rings. The van der Waals surface area contributed by atoms with Gasteiger partial charge in [0.25, 0.3) is 0 Å². The topological polar surface area (TPSA) is 98.8 Å². The number of hydrogen-bond donors (Lipinski definition) is 0. The van der Waals surface area contributed by atoms with E-state index in [0.717, 1.165) is 98.1 Å². The van der Waals surface area contributed by atoms with Gasteiger partial charge in [0.15, 0.2) is 24.5 Å². The summed E-state index contributed by atoms with van der Waals surface area (Å²) >= 11 is 27.3. The van der Waals surface area contributed by atoms with Crippen LogP contribution in [0.25, 0.3) is 21.5 Å². The van der Waals surface area contributed by atoms with Crippen LogP contribution in [-0.2, 0) is 34.7 Å². The number of anilines is 2. The highest BCUT2D eigenvalue weighted by atomic mass is 35.5. The van der Waals surface area contributed by atoms with Gasteiger partial charge >= 0.3 is 11.4 Å². The molecule has 7 aromatic carbocycles. The molecule has 4 heterocycles. The quantitative estimate of drug-likeness (QED) is 0.0769. The van der Waals surface area contributed by atoms with Crippen molar-refractivity contribution in [3.8, 4) is 0 Å². The fourth-order valence-corrected chi connectivity index (χ4v) is 17.5. The fraction of sp³-hybridized carbons (Fsp3) is 0.314. The van der Waals surface area contributed by atoms with Crippen LogP contribution in [0.15, 0.2) is 157 Å². The van der Waals surface area contributed by atoms with E-state index in [0.29, 0.717) is 13.1 Å². The van der Waals surface area contributed by atoms with Crippen molar-refractivity contribution in [3.05, 3.63) is 231 Å². The zero-order valence-corrected chi connectivity index (χ0v) is 51.2. The van der Waals surface area contributed by atoms with Crippen molar-refractivity contribution in [1.82, 2.24) is 0 Å². The number of nitrogens with zero attached hydrogens (tertiary/aromatic N) is 6. The van der Waals surface area contributed by atoms with Gasteiger partial charge in [0, 0.05) is 105 Å². The molecule has 84 heavy (non-hydrogen) atoms. The minimum Gasteiger partial charge on any atom is -0.347 e. The van der Waals surface area contributed by atoms with Crippen LogP contribution < -0.4 is 9.80 Å². The Kier molecular flexibility index (Phi) is 13.9. The van der Waals surface area contributed by atoms with Crippen LogP contribution in [0.3, 0.4) is 0 Å². The second-order valence-electron chi connectivity index (χ2n) is 24.9. The SMILES string of the molecule is CN1C(=CC=CC2=[N+](Cc3ccc(C[N+]4=C(C=CC=C5N(C)c6cc(Cl)c([N+](=O)[O-])c(Cl)c6C56CCCCC6)C(C)(C)c5c4ccc4ccccc54)cc3)c3ccc4ccccc4c3C2(C)C)C2(CCCCC2)c2c1cc(Cl)c([N+](=O)[O-])c2Cl. The molecule has 0 amide bonds. The average Bonchev–Trinajstić information content (AvgIpc) is 1.68. The Labute approximate surface area is 510 Å². The molecule has 0 radical (unpaired) electrons. The molecule has 2 fully saturated rings. The van der Waals surface area contributed by atoms with E-state index in [2.05, 4.69) is 180 Å². The van der Waals surface area contributed by atoms with Crippen LogP contribution >= 0.6 is 46.4 Å². The fourth-order valence-electron chi connectivity index (χ4n) is 16.0. The molecule has 0 saturated heterocycles. The third-order valence-corrected chi connectivity index (χ3v) is 21.0. The smallest absolute Gasteiger partial charge is 0.306 e. The van der Waals surface area contributed by atoms with Crippen molar-refractivity contribution in [1.29, 1.82) is 0 Å². The van der Waals surface area contributed by atoms with Gasteiger partial charge in [-0.05, 0) is 111 Å². The maximum atomic E-state index is 12.3. The number of benzene rings is 7. The predicted octanol–water partition coefficient (Wildman–Crippen LogP) is 19.2. The molecule has 2 spiro atoms. The first-order valence-electron chi connectivity index (χ1n) is 29.3. The van der Waals surface area contributed by atoms with E-state index in [1.54, 1.807) is 12.1 Å². The molecular weight excluding hydrogens is 1130 g/mol. The Hall–Kier alpha value is -7.08. The summed E-state index contributed by atoms with van der Waals surface area (Å²) in [4.78, 5) is 28.0. The summed E-state index contributed by atoms with van der Waals surface area (Å²) in [7, 11) is 4.05. The molecule has 0 aromatic heterocycles. The number of halogens is 4. The minimum atomic E-state index is -0.472. The summed E-state index contributed by atoms with van der Waals surface area (Å²) in [5, 5.41) is 29.9. The first-order chi connectivity index (χ1) is 40.3. The summed E-state index contributed by atoms with van der Waals surface area (Å²) < 4.78 is 4.96. The lowest BCUT2D eigenvalue weighted by molar-refractivity contribution is -0.455. The third kappa shape index (κ3) is 8.54. The molecular formula is C70H66Cl4N6O4+2. The summed E-state index contributed by atoms with van der Waals surface area (Å²) in [6, 6.07) is 38.9. The Morgan fingerprint density at radius 1 is 0.512 bits per heavy atom. The van der Waals surface area contributed by atoms with E-state index < -0.39 is 20.7 Å².